The molecule has 0 unspecified atom stereocenters. The molecule has 0 spiro atoms. The molecule has 1 heterocycles. The maximum atomic E-state index is 5.82. The van der Waals surface area contributed by atoms with Crippen LogP contribution in [0.25, 0.3) is 0 Å². The molecule has 15 heavy (non-hydrogen) atoms. The number of rotatable bonds is 3. The van der Waals surface area contributed by atoms with Crippen LogP contribution in [0.1, 0.15) is 16.1 Å². The first kappa shape index (κ1) is 10.5. The fourth-order valence-electron chi connectivity index (χ4n) is 1.42. The molecule has 2 rings (SSSR count). The summed E-state index contributed by atoms with van der Waals surface area (Å²) in [7, 11) is 0. The molecular weight excluding hydrogens is 231 g/mol. The Morgan fingerprint density at radius 1 is 1.13 bits per heavy atom. The van der Waals surface area contributed by atoms with E-state index in [2.05, 4.69) is 5.10 Å². The smallest absolute Gasteiger partial charge is 0.149 e. The van der Waals surface area contributed by atoms with Gasteiger partial charge >= 0.3 is 0 Å². The van der Waals surface area contributed by atoms with Crippen molar-refractivity contribution < 1.29 is 0 Å². The minimum Gasteiger partial charge on any atom is -0.262 e. The van der Waals surface area contributed by atoms with Crippen molar-refractivity contribution >= 4 is 23.2 Å². The molecule has 0 fully saturated rings. The molecule has 0 aliphatic rings. The first-order valence-electron chi connectivity index (χ1n) is 4.61. The summed E-state index contributed by atoms with van der Waals surface area (Å²) >= 11 is 11.6. The van der Waals surface area contributed by atoms with Crippen molar-refractivity contribution in [3.05, 3.63) is 53.9 Å². The molecule has 2 aromatic rings. The van der Waals surface area contributed by atoms with E-state index in [1.807, 2.05) is 36.4 Å². The first-order chi connectivity index (χ1) is 7.27. The van der Waals surface area contributed by atoms with Crippen LogP contribution in [-0.4, -0.2) is 9.78 Å². The third kappa shape index (κ3) is 2.52. The molecule has 0 aliphatic heterocycles. The molecule has 0 saturated heterocycles. The molecule has 4 heteroatoms. The van der Waals surface area contributed by atoms with Gasteiger partial charge in [0.2, 0.25) is 0 Å². The summed E-state index contributed by atoms with van der Waals surface area (Å²) in [4.78, 5) is -0.531. The summed E-state index contributed by atoms with van der Waals surface area (Å²) in [5, 5.41) is 4.18. The molecule has 0 amide bonds. The van der Waals surface area contributed by atoms with Gasteiger partial charge in [0, 0.05) is 6.20 Å². The standard InChI is InChI=1S/C11H10Cl2N2/c12-11(13)10-6-7-14-15(10)8-9-4-2-1-3-5-9/h1-7,11H,8H2. The average Bonchev–Trinajstić information content (AvgIpc) is 2.67. The maximum Gasteiger partial charge on any atom is 0.149 e. The molecule has 1 aromatic carbocycles. The lowest BCUT2D eigenvalue weighted by molar-refractivity contribution is 0.659. The Kier molecular flexibility index (Phi) is 3.29. The Bertz CT molecular complexity index is 423. The molecule has 0 saturated carbocycles. The van der Waals surface area contributed by atoms with Gasteiger partial charge < -0.3 is 0 Å². The maximum absolute atomic E-state index is 5.82. The van der Waals surface area contributed by atoms with E-state index >= 15 is 0 Å². The topological polar surface area (TPSA) is 17.8 Å². The van der Waals surface area contributed by atoms with Crippen molar-refractivity contribution in [1.29, 1.82) is 0 Å². The second kappa shape index (κ2) is 4.69. The number of benzene rings is 1. The van der Waals surface area contributed by atoms with Gasteiger partial charge in [-0.05, 0) is 11.6 Å². The van der Waals surface area contributed by atoms with E-state index in [0.29, 0.717) is 6.54 Å². The zero-order valence-electron chi connectivity index (χ0n) is 7.98. The van der Waals surface area contributed by atoms with Gasteiger partial charge in [0.15, 0.2) is 0 Å². The molecule has 0 N–H and O–H groups in total. The number of nitrogens with zero attached hydrogens (tertiary/aromatic N) is 2. The SMILES string of the molecule is ClC(Cl)c1ccnn1Cc1ccccc1. The first-order valence-corrected chi connectivity index (χ1v) is 5.48. The van der Waals surface area contributed by atoms with Crippen molar-refractivity contribution in [1.82, 2.24) is 9.78 Å². The predicted molar refractivity (Wildman–Crippen MR) is 62.2 cm³/mol. The van der Waals surface area contributed by atoms with Gasteiger partial charge in [0.1, 0.15) is 4.84 Å². The summed E-state index contributed by atoms with van der Waals surface area (Å²) in [5.74, 6) is 0. The molecule has 0 bridgehead atoms. The van der Waals surface area contributed by atoms with E-state index in [4.69, 9.17) is 23.2 Å². The van der Waals surface area contributed by atoms with Crippen LogP contribution >= 0.6 is 23.2 Å². The number of hydrogen-bond donors (Lipinski definition) is 0. The van der Waals surface area contributed by atoms with Crippen LogP contribution in [-0.2, 0) is 6.54 Å². The van der Waals surface area contributed by atoms with Gasteiger partial charge in [-0.15, -0.1) is 0 Å². The number of halogens is 2. The molecule has 0 aliphatic carbocycles. The van der Waals surface area contributed by atoms with Crippen molar-refractivity contribution in [2.45, 2.75) is 11.4 Å². The summed E-state index contributed by atoms with van der Waals surface area (Å²) in [6.07, 6.45) is 1.70. The van der Waals surface area contributed by atoms with E-state index in [0.717, 1.165) is 5.69 Å². The second-order valence-electron chi connectivity index (χ2n) is 3.20. The lowest BCUT2D eigenvalue weighted by Gasteiger charge is -2.07. The Labute approximate surface area is 98.4 Å². The van der Waals surface area contributed by atoms with E-state index < -0.39 is 4.84 Å². The largest absolute Gasteiger partial charge is 0.262 e. The zero-order valence-corrected chi connectivity index (χ0v) is 9.49. The zero-order chi connectivity index (χ0) is 10.7. The van der Waals surface area contributed by atoms with Crippen LogP contribution in [0.4, 0.5) is 0 Å². The van der Waals surface area contributed by atoms with Gasteiger partial charge in [-0.3, -0.25) is 4.68 Å². The van der Waals surface area contributed by atoms with Crippen LogP contribution < -0.4 is 0 Å². The van der Waals surface area contributed by atoms with Crippen LogP contribution in [0, 0.1) is 0 Å². The summed E-state index contributed by atoms with van der Waals surface area (Å²) in [6.45, 7) is 0.694. The van der Waals surface area contributed by atoms with E-state index in [-0.39, 0.29) is 0 Å². The minimum absolute atomic E-state index is 0.531. The van der Waals surface area contributed by atoms with E-state index in [1.165, 1.54) is 5.56 Å². The average molecular weight is 241 g/mol. The van der Waals surface area contributed by atoms with Crippen LogP contribution in [0.5, 0.6) is 0 Å². The Morgan fingerprint density at radius 3 is 2.53 bits per heavy atom. The van der Waals surface area contributed by atoms with Crippen molar-refractivity contribution in [3.63, 3.8) is 0 Å². The van der Waals surface area contributed by atoms with E-state index in [1.54, 1.807) is 10.9 Å². The third-order valence-electron chi connectivity index (χ3n) is 2.15. The van der Waals surface area contributed by atoms with Gasteiger partial charge in [0.05, 0.1) is 12.2 Å². The highest BCUT2D eigenvalue weighted by atomic mass is 35.5. The molecule has 0 atom stereocenters. The van der Waals surface area contributed by atoms with Crippen molar-refractivity contribution in [2.75, 3.05) is 0 Å². The Morgan fingerprint density at radius 2 is 1.87 bits per heavy atom. The van der Waals surface area contributed by atoms with Gasteiger partial charge in [0.25, 0.3) is 0 Å². The highest BCUT2D eigenvalue weighted by Gasteiger charge is 2.09. The lowest BCUT2D eigenvalue weighted by atomic mass is 10.2. The number of alkyl halides is 2. The van der Waals surface area contributed by atoms with Gasteiger partial charge in [-0.1, -0.05) is 53.5 Å². The van der Waals surface area contributed by atoms with Crippen LogP contribution in [0.15, 0.2) is 42.6 Å². The summed E-state index contributed by atoms with van der Waals surface area (Å²) in [5.41, 5.74) is 2.00. The molecule has 1 aromatic heterocycles. The van der Waals surface area contributed by atoms with Crippen molar-refractivity contribution in [3.8, 4) is 0 Å². The highest BCUT2D eigenvalue weighted by Crippen LogP contribution is 2.24. The lowest BCUT2D eigenvalue weighted by Crippen LogP contribution is -2.05. The van der Waals surface area contributed by atoms with Crippen molar-refractivity contribution in [2.24, 2.45) is 0 Å². The quantitative estimate of drug-likeness (QED) is 0.753. The normalized spacial score (nSPS) is 10.9. The third-order valence-corrected chi connectivity index (χ3v) is 2.60. The van der Waals surface area contributed by atoms with Crippen LogP contribution in [0.3, 0.4) is 0 Å². The fourth-order valence-corrected chi connectivity index (χ4v) is 1.79. The molecular formula is C11H10Cl2N2. The molecule has 2 nitrogen and oxygen atoms in total. The predicted octanol–water partition coefficient (Wildman–Crippen LogP) is 3.41. The Balaban J connectivity index is 2.21. The molecule has 0 radical (unpaired) electrons. The number of aromatic nitrogens is 2. The summed E-state index contributed by atoms with van der Waals surface area (Å²) < 4.78 is 1.81. The molecule has 78 valence electrons. The van der Waals surface area contributed by atoms with E-state index in [9.17, 15) is 0 Å². The highest BCUT2D eigenvalue weighted by molar-refractivity contribution is 6.43. The summed E-state index contributed by atoms with van der Waals surface area (Å²) in [6, 6.07) is 11.9. The fraction of sp³-hybridized carbons (Fsp3) is 0.182. The van der Waals surface area contributed by atoms with Gasteiger partial charge in [-0.2, -0.15) is 5.10 Å². The monoisotopic (exact) mass is 240 g/mol. The minimum atomic E-state index is -0.531. The van der Waals surface area contributed by atoms with Gasteiger partial charge in [-0.25, -0.2) is 0 Å². The Hall–Kier alpha value is -0.990. The van der Waals surface area contributed by atoms with Crippen LogP contribution in [0.2, 0.25) is 0 Å². The number of hydrogen-bond acceptors (Lipinski definition) is 1. The second-order valence-corrected chi connectivity index (χ2v) is 4.30.